The summed E-state index contributed by atoms with van der Waals surface area (Å²) in [6, 6.07) is 1.76. The highest BCUT2D eigenvalue weighted by molar-refractivity contribution is 5.38. The van der Waals surface area contributed by atoms with Crippen molar-refractivity contribution < 1.29 is 9.47 Å². The van der Waals surface area contributed by atoms with Crippen LogP contribution in [0.4, 0.5) is 5.82 Å². The van der Waals surface area contributed by atoms with Crippen molar-refractivity contribution in [3.8, 4) is 5.88 Å². The van der Waals surface area contributed by atoms with Crippen LogP contribution in [0.15, 0.2) is 6.07 Å². The van der Waals surface area contributed by atoms with Crippen molar-refractivity contribution in [1.82, 2.24) is 9.97 Å². The molecule has 1 rings (SSSR count). The van der Waals surface area contributed by atoms with Gasteiger partial charge in [0.25, 0.3) is 0 Å². The Hall–Kier alpha value is -1.36. The number of aryl methyl sites for hydroxylation is 1. The van der Waals surface area contributed by atoms with Gasteiger partial charge in [0, 0.05) is 19.7 Å². The maximum Gasteiger partial charge on any atom is 0.218 e. The van der Waals surface area contributed by atoms with Crippen LogP contribution in [0.5, 0.6) is 5.88 Å². The summed E-state index contributed by atoms with van der Waals surface area (Å²) in [5, 5.41) is 3.20. The molecule has 0 saturated carbocycles. The minimum Gasteiger partial charge on any atom is -0.481 e. The molecule has 0 aliphatic heterocycles. The Balaban J connectivity index is 2.70. The Kier molecular flexibility index (Phi) is 4.06. The summed E-state index contributed by atoms with van der Waals surface area (Å²) in [7, 11) is 3.28. The zero-order valence-electron chi connectivity index (χ0n) is 10.5. The zero-order valence-corrected chi connectivity index (χ0v) is 10.5. The van der Waals surface area contributed by atoms with Crippen LogP contribution < -0.4 is 10.1 Å². The molecule has 1 heterocycles. The lowest BCUT2D eigenvalue weighted by Crippen LogP contribution is -2.32. The maximum absolute atomic E-state index is 5.31. The summed E-state index contributed by atoms with van der Waals surface area (Å²) in [4.78, 5) is 8.37. The van der Waals surface area contributed by atoms with Crippen LogP contribution in [-0.4, -0.2) is 36.3 Å². The summed E-state index contributed by atoms with van der Waals surface area (Å²) >= 11 is 0. The largest absolute Gasteiger partial charge is 0.481 e. The first-order chi connectivity index (χ1) is 7.46. The molecule has 5 heteroatoms. The van der Waals surface area contributed by atoms with Gasteiger partial charge in [-0.2, -0.15) is 4.98 Å². The lowest BCUT2D eigenvalue weighted by atomic mass is 10.1. The van der Waals surface area contributed by atoms with Crippen LogP contribution in [0, 0.1) is 6.92 Å². The number of ether oxygens (including phenoxy) is 2. The van der Waals surface area contributed by atoms with Gasteiger partial charge in [0.2, 0.25) is 5.88 Å². The molecule has 0 radical (unpaired) electrons. The normalized spacial score (nSPS) is 11.3. The second-order valence-electron chi connectivity index (χ2n) is 4.16. The first-order valence-electron chi connectivity index (χ1n) is 5.15. The highest BCUT2D eigenvalue weighted by Crippen LogP contribution is 2.14. The molecule has 0 aliphatic rings. The third-order valence-corrected chi connectivity index (χ3v) is 2.27. The molecule has 1 aromatic rings. The van der Waals surface area contributed by atoms with E-state index in [0.717, 1.165) is 5.82 Å². The molecule has 0 saturated heterocycles. The van der Waals surface area contributed by atoms with Crippen molar-refractivity contribution in [2.75, 3.05) is 26.1 Å². The number of nitrogens with one attached hydrogen (secondary N) is 1. The molecule has 0 aromatic carbocycles. The lowest BCUT2D eigenvalue weighted by molar-refractivity contribution is 0.0343. The van der Waals surface area contributed by atoms with Crippen molar-refractivity contribution in [3.05, 3.63) is 11.9 Å². The molecule has 0 fully saturated rings. The maximum atomic E-state index is 5.31. The predicted molar refractivity (Wildman–Crippen MR) is 62.9 cm³/mol. The molecule has 5 nitrogen and oxygen atoms in total. The summed E-state index contributed by atoms with van der Waals surface area (Å²) < 4.78 is 10.4. The number of nitrogens with zero attached hydrogens (tertiary/aromatic N) is 2. The molecule has 16 heavy (non-hydrogen) atoms. The van der Waals surface area contributed by atoms with Crippen LogP contribution >= 0.6 is 0 Å². The minimum atomic E-state index is -0.230. The molecular weight excluding hydrogens is 206 g/mol. The highest BCUT2D eigenvalue weighted by atomic mass is 16.5. The van der Waals surface area contributed by atoms with E-state index in [-0.39, 0.29) is 5.60 Å². The Morgan fingerprint density at radius 2 is 2.00 bits per heavy atom. The second kappa shape index (κ2) is 5.12. The fourth-order valence-corrected chi connectivity index (χ4v) is 1.11. The van der Waals surface area contributed by atoms with E-state index >= 15 is 0 Å². The Morgan fingerprint density at radius 1 is 1.31 bits per heavy atom. The van der Waals surface area contributed by atoms with Gasteiger partial charge >= 0.3 is 0 Å². The Bertz CT molecular complexity index is 353. The number of aromatic nitrogens is 2. The molecule has 0 amide bonds. The van der Waals surface area contributed by atoms with Gasteiger partial charge in [-0.25, -0.2) is 4.98 Å². The van der Waals surface area contributed by atoms with Gasteiger partial charge < -0.3 is 14.8 Å². The van der Waals surface area contributed by atoms with Crippen molar-refractivity contribution >= 4 is 5.82 Å². The average molecular weight is 225 g/mol. The molecule has 0 unspecified atom stereocenters. The molecule has 0 aliphatic carbocycles. The van der Waals surface area contributed by atoms with E-state index in [4.69, 9.17) is 9.47 Å². The smallest absolute Gasteiger partial charge is 0.218 e. The molecule has 0 spiro atoms. The fraction of sp³-hybridized carbons (Fsp3) is 0.636. The van der Waals surface area contributed by atoms with E-state index in [1.54, 1.807) is 20.3 Å². The summed E-state index contributed by atoms with van der Waals surface area (Å²) in [6.07, 6.45) is 0. The number of rotatable bonds is 5. The van der Waals surface area contributed by atoms with Crippen molar-refractivity contribution in [2.45, 2.75) is 26.4 Å². The van der Waals surface area contributed by atoms with Crippen LogP contribution in [0.2, 0.25) is 0 Å². The van der Waals surface area contributed by atoms with Crippen LogP contribution in [-0.2, 0) is 4.74 Å². The summed E-state index contributed by atoms with van der Waals surface area (Å²) in [5.41, 5.74) is -0.230. The van der Waals surface area contributed by atoms with Gasteiger partial charge in [-0.15, -0.1) is 0 Å². The van der Waals surface area contributed by atoms with Crippen molar-refractivity contribution in [2.24, 2.45) is 0 Å². The van der Waals surface area contributed by atoms with Crippen LogP contribution in [0.1, 0.15) is 19.7 Å². The quantitative estimate of drug-likeness (QED) is 0.825. The topological polar surface area (TPSA) is 56.3 Å². The first-order valence-corrected chi connectivity index (χ1v) is 5.15. The van der Waals surface area contributed by atoms with Gasteiger partial charge in [-0.1, -0.05) is 0 Å². The Labute approximate surface area is 96.2 Å². The van der Waals surface area contributed by atoms with E-state index in [0.29, 0.717) is 18.2 Å². The zero-order chi connectivity index (χ0) is 12.2. The van der Waals surface area contributed by atoms with Gasteiger partial charge in [0.05, 0.1) is 12.7 Å². The number of anilines is 1. The van der Waals surface area contributed by atoms with E-state index in [9.17, 15) is 0 Å². The molecular formula is C11H19N3O2. The molecule has 1 aromatic heterocycles. The average Bonchev–Trinajstić information content (AvgIpc) is 2.26. The van der Waals surface area contributed by atoms with E-state index in [1.807, 2.05) is 20.8 Å². The predicted octanol–water partition coefficient (Wildman–Crippen LogP) is 1.63. The van der Waals surface area contributed by atoms with Crippen LogP contribution in [0.25, 0.3) is 0 Å². The van der Waals surface area contributed by atoms with Gasteiger partial charge in [0.15, 0.2) is 0 Å². The van der Waals surface area contributed by atoms with E-state index in [1.165, 1.54) is 0 Å². The van der Waals surface area contributed by atoms with Gasteiger partial charge in [-0.3, -0.25) is 0 Å². The van der Waals surface area contributed by atoms with Crippen molar-refractivity contribution in [3.63, 3.8) is 0 Å². The number of hydrogen-bond acceptors (Lipinski definition) is 5. The number of methoxy groups -OCH3 is 2. The van der Waals surface area contributed by atoms with Gasteiger partial charge in [0.1, 0.15) is 11.6 Å². The number of hydrogen-bond donors (Lipinski definition) is 1. The van der Waals surface area contributed by atoms with Gasteiger partial charge in [-0.05, 0) is 20.8 Å². The molecule has 0 atom stereocenters. The third kappa shape index (κ3) is 3.66. The standard InChI is InChI=1S/C11H19N3O2/c1-8-13-9(6-10(14-8)15-4)12-7-11(2,3)16-5/h6H,7H2,1-5H3,(H,12,13,14). The van der Waals surface area contributed by atoms with E-state index in [2.05, 4.69) is 15.3 Å². The highest BCUT2D eigenvalue weighted by Gasteiger charge is 2.16. The van der Waals surface area contributed by atoms with E-state index < -0.39 is 0 Å². The molecule has 90 valence electrons. The summed E-state index contributed by atoms with van der Waals surface area (Å²) in [6.45, 7) is 6.51. The summed E-state index contributed by atoms with van der Waals surface area (Å²) in [5.74, 6) is 1.98. The molecule has 1 N–H and O–H groups in total. The first kappa shape index (κ1) is 12.7. The third-order valence-electron chi connectivity index (χ3n) is 2.27. The minimum absolute atomic E-state index is 0.230. The monoisotopic (exact) mass is 225 g/mol. The Morgan fingerprint density at radius 3 is 2.56 bits per heavy atom. The lowest BCUT2D eigenvalue weighted by Gasteiger charge is -2.23. The SMILES string of the molecule is COc1cc(NCC(C)(C)OC)nc(C)n1. The fourth-order valence-electron chi connectivity index (χ4n) is 1.11. The second-order valence-corrected chi connectivity index (χ2v) is 4.16. The van der Waals surface area contributed by atoms with Crippen LogP contribution in [0.3, 0.4) is 0 Å². The molecule has 0 bridgehead atoms. The van der Waals surface area contributed by atoms with Crippen molar-refractivity contribution in [1.29, 1.82) is 0 Å².